The third-order valence-corrected chi connectivity index (χ3v) is 2.81. The number of benzene rings is 1. The normalized spacial score (nSPS) is 10.2. The Labute approximate surface area is 115 Å². The van der Waals surface area contributed by atoms with E-state index in [1.54, 1.807) is 24.5 Å². The molecule has 0 fully saturated rings. The summed E-state index contributed by atoms with van der Waals surface area (Å²) < 4.78 is 13.5. The Balaban J connectivity index is 1.91. The van der Waals surface area contributed by atoms with Crippen molar-refractivity contribution in [2.75, 3.05) is 0 Å². The molecule has 0 aliphatic heterocycles. The molecule has 5 heteroatoms. The molecule has 19 heavy (non-hydrogen) atoms. The number of pyridine rings is 1. The monoisotopic (exact) mass is 278 g/mol. The van der Waals surface area contributed by atoms with Gasteiger partial charge in [0.1, 0.15) is 5.82 Å². The van der Waals surface area contributed by atoms with Gasteiger partial charge in [-0.1, -0.05) is 23.7 Å². The Morgan fingerprint density at radius 2 is 2.21 bits per heavy atom. The van der Waals surface area contributed by atoms with E-state index in [-0.39, 0.29) is 12.3 Å². The van der Waals surface area contributed by atoms with Crippen molar-refractivity contribution in [3.05, 3.63) is 64.7 Å². The standard InChI is InChI=1S/C14H12ClFN2O/c15-12-4-3-11(13(16)7-12)6-14(19)18-9-10-2-1-5-17-8-10/h1-5,7-8H,6,9H2,(H,18,19). The second-order valence-electron chi connectivity index (χ2n) is 4.05. The van der Waals surface area contributed by atoms with Gasteiger partial charge in [0.25, 0.3) is 0 Å². The van der Waals surface area contributed by atoms with Gasteiger partial charge < -0.3 is 5.32 Å². The molecule has 1 amide bonds. The van der Waals surface area contributed by atoms with Gasteiger partial charge in [0, 0.05) is 24.0 Å². The minimum Gasteiger partial charge on any atom is -0.352 e. The predicted octanol–water partition coefficient (Wildman–Crippen LogP) is 2.73. The maximum Gasteiger partial charge on any atom is 0.224 e. The molecular weight excluding hydrogens is 267 g/mol. The molecule has 1 N–H and O–H groups in total. The van der Waals surface area contributed by atoms with E-state index < -0.39 is 5.82 Å². The van der Waals surface area contributed by atoms with Crippen LogP contribution in [0.15, 0.2) is 42.7 Å². The van der Waals surface area contributed by atoms with Crippen LogP contribution >= 0.6 is 11.6 Å². The van der Waals surface area contributed by atoms with Gasteiger partial charge in [-0.25, -0.2) is 4.39 Å². The molecule has 0 bridgehead atoms. The van der Waals surface area contributed by atoms with Crippen molar-refractivity contribution in [1.29, 1.82) is 0 Å². The van der Waals surface area contributed by atoms with Crippen LogP contribution in [-0.2, 0) is 17.8 Å². The average Bonchev–Trinajstić information content (AvgIpc) is 2.41. The lowest BCUT2D eigenvalue weighted by molar-refractivity contribution is -0.120. The Morgan fingerprint density at radius 1 is 1.37 bits per heavy atom. The highest BCUT2D eigenvalue weighted by Gasteiger charge is 2.08. The highest BCUT2D eigenvalue weighted by Crippen LogP contribution is 2.15. The molecule has 0 saturated heterocycles. The van der Waals surface area contributed by atoms with E-state index in [4.69, 9.17) is 11.6 Å². The first-order valence-corrected chi connectivity index (χ1v) is 6.12. The first kappa shape index (κ1) is 13.5. The lowest BCUT2D eigenvalue weighted by Crippen LogP contribution is -2.24. The minimum absolute atomic E-state index is 0.0107. The van der Waals surface area contributed by atoms with Gasteiger partial charge in [-0.2, -0.15) is 0 Å². The van der Waals surface area contributed by atoms with E-state index in [1.165, 1.54) is 12.1 Å². The quantitative estimate of drug-likeness (QED) is 0.934. The Hall–Kier alpha value is -1.94. The smallest absolute Gasteiger partial charge is 0.224 e. The summed E-state index contributed by atoms with van der Waals surface area (Å²) in [5, 5.41) is 3.03. The van der Waals surface area contributed by atoms with Gasteiger partial charge in [0.15, 0.2) is 0 Å². The molecule has 0 aliphatic carbocycles. The van der Waals surface area contributed by atoms with Crippen molar-refractivity contribution in [1.82, 2.24) is 10.3 Å². The van der Waals surface area contributed by atoms with Crippen molar-refractivity contribution in [2.24, 2.45) is 0 Å². The molecule has 0 atom stereocenters. The number of nitrogens with one attached hydrogen (secondary N) is 1. The second kappa shape index (κ2) is 6.29. The molecule has 98 valence electrons. The molecule has 1 aromatic carbocycles. The van der Waals surface area contributed by atoms with Crippen LogP contribution in [0, 0.1) is 5.82 Å². The first-order valence-electron chi connectivity index (χ1n) is 5.74. The van der Waals surface area contributed by atoms with Gasteiger partial charge >= 0.3 is 0 Å². The topological polar surface area (TPSA) is 42.0 Å². The van der Waals surface area contributed by atoms with E-state index in [0.29, 0.717) is 17.1 Å². The SMILES string of the molecule is O=C(Cc1ccc(Cl)cc1F)NCc1cccnc1. The van der Waals surface area contributed by atoms with Crippen LogP contribution in [0.5, 0.6) is 0 Å². The number of halogens is 2. The largest absolute Gasteiger partial charge is 0.352 e. The highest BCUT2D eigenvalue weighted by molar-refractivity contribution is 6.30. The van der Waals surface area contributed by atoms with Crippen LogP contribution in [0.25, 0.3) is 0 Å². The number of carbonyl (C=O) groups excluding carboxylic acids is 1. The zero-order chi connectivity index (χ0) is 13.7. The molecule has 3 nitrogen and oxygen atoms in total. The second-order valence-corrected chi connectivity index (χ2v) is 4.49. The average molecular weight is 279 g/mol. The van der Waals surface area contributed by atoms with E-state index >= 15 is 0 Å². The third kappa shape index (κ3) is 4.03. The molecule has 0 radical (unpaired) electrons. The van der Waals surface area contributed by atoms with E-state index in [1.807, 2.05) is 6.07 Å². The summed E-state index contributed by atoms with van der Waals surface area (Å²) in [6, 6.07) is 7.93. The number of hydrogen-bond donors (Lipinski definition) is 1. The fourth-order valence-electron chi connectivity index (χ4n) is 1.60. The number of rotatable bonds is 4. The van der Waals surface area contributed by atoms with Crippen LogP contribution in [0.3, 0.4) is 0 Å². The zero-order valence-electron chi connectivity index (χ0n) is 10.1. The van der Waals surface area contributed by atoms with Crippen molar-refractivity contribution < 1.29 is 9.18 Å². The zero-order valence-corrected chi connectivity index (χ0v) is 10.8. The van der Waals surface area contributed by atoms with Gasteiger partial charge in [-0.3, -0.25) is 9.78 Å². The van der Waals surface area contributed by atoms with Crippen LogP contribution in [0.4, 0.5) is 4.39 Å². The summed E-state index contributed by atoms with van der Waals surface area (Å²) in [4.78, 5) is 15.6. The van der Waals surface area contributed by atoms with Crippen molar-refractivity contribution in [3.63, 3.8) is 0 Å². The molecule has 1 aromatic heterocycles. The van der Waals surface area contributed by atoms with Gasteiger partial charge in [0.05, 0.1) is 6.42 Å². The predicted molar refractivity (Wildman–Crippen MR) is 71.2 cm³/mol. The van der Waals surface area contributed by atoms with Crippen LogP contribution in [-0.4, -0.2) is 10.9 Å². The maximum absolute atomic E-state index is 13.5. The molecule has 0 aliphatic rings. The molecular formula is C14H12ClFN2O. The van der Waals surface area contributed by atoms with Crippen LogP contribution in [0.2, 0.25) is 5.02 Å². The summed E-state index contributed by atoms with van der Waals surface area (Å²) in [5.41, 5.74) is 1.22. The molecule has 0 saturated carbocycles. The first-order chi connectivity index (χ1) is 9.15. The van der Waals surface area contributed by atoms with E-state index in [0.717, 1.165) is 5.56 Å². The van der Waals surface area contributed by atoms with Crippen molar-refractivity contribution in [2.45, 2.75) is 13.0 Å². The fraction of sp³-hybridized carbons (Fsp3) is 0.143. The lowest BCUT2D eigenvalue weighted by Gasteiger charge is -2.06. The summed E-state index contributed by atoms with van der Waals surface area (Å²) in [5.74, 6) is -0.714. The Kier molecular flexibility index (Phi) is 4.47. The van der Waals surface area contributed by atoms with E-state index in [2.05, 4.69) is 10.3 Å². The summed E-state index contributed by atoms with van der Waals surface area (Å²) >= 11 is 5.65. The van der Waals surface area contributed by atoms with Gasteiger partial charge in [-0.05, 0) is 29.3 Å². The Bertz CT molecular complexity index is 575. The van der Waals surface area contributed by atoms with Crippen molar-refractivity contribution >= 4 is 17.5 Å². The highest BCUT2D eigenvalue weighted by atomic mass is 35.5. The van der Waals surface area contributed by atoms with Crippen LogP contribution in [0.1, 0.15) is 11.1 Å². The number of amides is 1. The molecule has 2 rings (SSSR count). The van der Waals surface area contributed by atoms with Crippen LogP contribution < -0.4 is 5.32 Å². The Morgan fingerprint density at radius 3 is 2.89 bits per heavy atom. The number of nitrogens with zero attached hydrogens (tertiary/aromatic N) is 1. The molecule has 0 unspecified atom stereocenters. The van der Waals surface area contributed by atoms with Gasteiger partial charge in [-0.15, -0.1) is 0 Å². The summed E-state index contributed by atoms with van der Waals surface area (Å²) in [6.07, 6.45) is 3.32. The number of carbonyl (C=O) groups is 1. The summed E-state index contributed by atoms with van der Waals surface area (Å²) in [6.45, 7) is 0.377. The van der Waals surface area contributed by atoms with Gasteiger partial charge in [0.2, 0.25) is 5.91 Å². The van der Waals surface area contributed by atoms with Crippen molar-refractivity contribution in [3.8, 4) is 0 Å². The molecule has 1 heterocycles. The molecule has 0 spiro atoms. The van der Waals surface area contributed by atoms with E-state index in [9.17, 15) is 9.18 Å². The minimum atomic E-state index is -0.468. The molecule has 2 aromatic rings. The fourth-order valence-corrected chi connectivity index (χ4v) is 1.76. The lowest BCUT2D eigenvalue weighted by atomic mass is 10.1. The number of aromatic nitrogens is 1. The third-order valence-electron chi connectivity index (χ3n) is 2.58. The number of hydrogen-bond acceptors (Lipinski definition) is 2. The summed E-state index contributed by atoms with van der Waals surface area (Å²) in [7, 11) is 0. The maximum atomic E-state index is 13.5.